The van der Waals surface area contributed by atoms with Gasteiger partial charge in [-0.3, -0.25) is 0 Å². The predicted octanol–water partition coefficient (Wildman–Crippen LogP) is 4.15. The molecule has 0 saturated heterocycles. The molecule has 0 amide bonds. The first-order valence-corrected chi connectivity index (χ1v) is 7.07. The molecule has 0 radical (unpaired) electrons. The largest absolute Gasteiger partial charge is 0.462 e. The summed E-state index contributed by atoms with van der Waals surface area (Å²) in [5.41, 5.74) is 3.62. The van der Waals surface area contributed by atoms with E-state index >= 15 is 0 Å². The molecule has 21 heavy (non-hydrogen) atoms. The number of benzene rings is 2. The quantitative estimate of drug-likeness (QED) is 0.785. The van der Waals surface area contributed by atoms with Crippen molar-refractivity contribution < 1.29 is 14.2 Å². The summed E-state index contributed by atoms with van der Waals surface area (Å²) >= 11 is 0. The Bertz CT molecular complexity index is 746. The molecule has 0 spiro atoms. The van der Waals surface area contributed by atoms with Gasteiger partial charge in [0.25, 0.3) is 0 Å². The molecule has 0 N–H and O–H groups in total. The second-order valence-electron chi connectivity index (χ2n) is 5.51. The minimum absolute atomic E-state index is 0.183. The smallest absolute Gasteiger partial charge is 0.231 e. The maximum absolute atomic E-state index is 5.84. The van der Waals surface area contributed by atoms with Crippen molar-refractivity contribution in [3.63, 3.8) is 0 Å². The van der Waals surface area contributed by atoms with Crippen molar-refractivity contribution in [3.8, 4) is 17.2 Å². The van der Waals surface area contributed by atoms with E-state index in [0.717, 1.165) is 23.0 Å². The Balaban J connectivity index is 1.83. The van der Waals surface area contributed by atoms with Gasteiger partial charge in [0.2, 0.25) is 6.79 Å². The lowest BCUT2D eigenvalue weighted by Crippen LogP contribution is -2.09. The van der Waals surface area contributed by atoms with Crippen molar-refractivity contribution in [1.82, 2.24) is 0 Å². The number of fused-ring (bicyclic) bond motifs is 2. The molecular formula is C18H16O3. The van der Waals surface area contributed by atoms with Gasteiger partial charge in [0, 0.05) is 11.5 Å². The highest BCUT2D eigenvalue weighted by Crippen LogP contribution is 2.42. The molecule has 2 aliphatic heterocycles. The summed E-state index contributed by atoms with van der Waals surface area (Å²) < 4.78 is 16.7. The molecule has 3 heteroatoms. The van der Waals surface area contributed by atoms with Crippen LogP contribution in [0.2, 0.25) is 0 Å². The van der Waals surface area contributed by atoms with Gasteiger partial charge in [0.1, 0.15) is 5.75 Å². The van der Waals surface area contributed by atoms with Crippen LogP contribution in [-0.4, -0.2) is 6.79 Å². The summed E-state index contributed by atoms with van der Waals surface area (Å²) in [6.07, 6.45) is 2.15. The maximum atomic E-state index is 5.84. The molecule has 0 fully saturated rings. The molecule has 1 unspecified atom stereocenters. The molecule has 2 aromatic rings. The molecule has 2 aliphatic rings. The van der Waals surface area contributed by atoms with Crippen LogP contribution in [0, 0.1) is 6.92 Å². The first-order chi connectivity index (χ1) is 10.2. The van der Waals surface area contributed by atoms with Crippen LogP contribution in [0.3, 0.4) is 0 Å². The fourth-order valence-electron chi connectivity index (χ4n) is 2.92. The van der Waals surface area contributed by atoms with Crippen LogP contribution >= 0.6 is 0 Å². The van der Waals surface area contributed by atoms with Crippen molar-refractivity contribution >= 4 is 0 Å². The van der Waals surface area contributed by atoms with Gasteiger partial charge >= 0.3 is 0 Å². The maximum Gasteiger partial charge on any atom is 0.231 e. The normalized spacial score (nSPS) is 18.8. The molecule has 2 heterocycles. The van der Waals surface area contributed by atoms with Crippen LogP contribution in [0.15, 0.2) is 48.2 Å². The van der Waals surface area contributed by atoms with Gasteiger partial charge in [-0.25, -0.2) is 0 Å². The van der Waals surface area contributed by atoms with Crippen LogP contribution in [0.1, 0.15) is 29.5 Å². The van der Waals surface area contributed by atoms with E-state index in [0.29, 0.717) is 6.79 Å². The van der Waals surface area contributed by atoms with E-state index < -0.39 is 0 Å². The third-order valence-corrected chi connectivity index (χ3v) is 3.93. The van der Waals surface area contributed by atoms with E-state index in [2.05, 4.69) is 37.3 Å². The van der Waals surface area contributed by atoms with Crippen molar-refractivity contribution in [3.05, 3.63) is 64.9 Å². The number of aryl methyl sites for hydroxylation is 1. The van der Waals surface area contributed by atoms with Crippen molar-refractivity contribution in [2.45, 2.75) is 19.8 Å². The number of ether oxygens (including phenoxy) is 3. The standard InChI is InChI=1S/C18H16O3/c1-11-3-5-16-15(7-11)14(8-12(2)21-16)13-4-6-17-18(9-13)20-10-19-17/h3-9,14H,10H2,1-2H3. The van der Waals surface area contributed by atoms with Crippen LogP contribution < -0.4 is 14.2 Å². The van der Waals surface area contributed by atoms with E-state index in [1.807, 2.05) is 19.1 Å². The van der Waals surface area contributed by atoms with Crippen molar-refractivity contribution in [2.75, 3.05) is 6.79 Å². The molecule has 0 bridgehead atoms. The summed E-state index contributed by atoms with van der Waals surface area (Å²) in [6, 6.07) is 12.4. The van der Waals surface area contributed by atoms with Gasteiger partial charge in [-0.2, -0.15) is 0 Å². The van der Waals surface area contributed by atoms with E-state index in [1.54, 1.807) is 0 Å². The molecule has 0 aromatic heterocycles. The predicted molar refractivity (Wildman–Crippen MR) is 80.0 cm³/mol. The molecule has 2 aromatic carbocycles. The van der Waals surface area contributed by atoms with Gasteiger partial charge in [-0.05, 0) is 43.7 Å². The number of allylic oxidation sites excluding steroid dienone is 2. The monoisotopic (exact) mass is 280 g/mol. The molecule has 1 atom stereocenters. The third-order valence-electron chi connectivity index (χ3n) is 3.93. The molecule has 0 aliphatic carbocycles. The Morgan fingerprint density at radius 2 is 1.71 bits per heavy atom. The minimum Gasteiger partial charge on any atom is -0.462 e. The van der Waals surface area contributed by atoms with Crippen LogP contribution in [-0.2, 0) is 0 Å². The van der Waals surface area contributed by atoms with Crippen LogP contribution in [0.4, 0.5) is 0 Å². The zero-order chi connectivity index (χ0) is 14.4. The zero-order valence-electron chi connectivity index (χ0n) is 12.1. The van der Waals surface area contributed by atoms with E-state index in [9.17, 15) is 0 Å². The Morgan fingerprint density at radius 1 is 0.905 bits per heavy atom. The van der Waals surface area contributed by atoms with Crippen molar-refractivity contribution in [2.24, 2.45) is 0 Å². The minimum atomic E-state index is 0.183. The molecule has 4 rings (SSSR count). The number of hydrogen-bond donors (Lipinski definition) is 0. The van der Waals surface area contributed by atoms with Gasteiger partial charge < -0.3 is 14.2 Å². The molecular weight excluding hydrogens is 264 g/mol. The lowest BCUT2D eigenvalue weighted by atomic mass is 9.87. The summed E-state index contributed by atoms with van der Waals surface area (Å²) in [4.78, 5) is 0. The fraction of sp³-hybridized carbons (Fsp3) is 0.222. The van der Waals surface area contributed by atoms with E-state index in [-0.39, 0.29) is 5.92 Å². The highest BCUT2D eigenvalue weighted by Gasteiger charge is 2.24. The number of rotatable bonds is 1. The Kier molecular flexibility index (Phi) is 2.67. The van der Waals surface area contributed by atoms with Gasteiger partial charge in [-0.1, -0.05) is 23.8 Å². The molecule has 106 valence electrons. The number of hydrogen-bond acceptors (Lipinski definition) is 3. The summed E-state index contributed by atoms with van der Waals surface area (Å²) in [5.74, 6) is 3.68. The van der Waals surface area contributed by atoms with Gasteiger partial charge in [0.15, 0.2) is 11.5 Å². The summed E-state index contributed by atoms with van der Waals surface area (Å²) in [6.45, 7) is 4.39. The third kappa shape index (κ3) is 2.05. The van der Waals surface area contributed by atoms with Crippen LogP contribution in [0.25, 0.3) is 0 Å². The van der Waals surface area contributed by atoms with Crippen molar-refractivity contribution in [1.29, 1.82) is 0 Å². The van der Waals surface area contributed by atoms with E-state index in [4.69, 9.17) is 14.2 Å². The average molecular weight is 280 g/mol. The van der Waals surface area contributed by atoms with Gasteiger partial charge in [0.05, 0.1) is 5.76 Å². The topological polar surface area (TPSA) is 27.7 Å². The Labute approximate surface area is 123 Å². The lowest BCUT2D eigenvalue weighted by molar-refractivity contribution is 0.174. The second-order valence-corrected chi connectivity index (χ2v) is 5.51. The average Bonchev–Trinajstić information content (AvgIpc) is 2.94. The Hall–Kier alpha value is -2.42. The highest BCUT2D eigenvalue weighted by molar-refractivity contribution is 5.53. The Morgan fingerprint density at radius 3 is 2.62 bits per heavy atom. The molecule has 0 saturated carbocycles. The summed E-state index contributed by atoms with van der Waals surface area (Å²) in [5, 5.41) is 0. The van der Waals surface area contributed by atoms with Crippen LogP contribution in [0.5, 0.6) is 17.2 Å². The van der Waals surface area contributed by atoms with Gasteiger partial charge in [-0.15, -0.1) is 0 Å². The first-order valence-electron chi connectivity index (χ1n) is 7.07. The lowest BCUT2D eigenvalue weighted by Gasteiger charge is -2.24. The second kappa shape index (κ2) is 4.55. The van der Waals surface area contributed by atoms with E-state index in [1.165, 1.54) is 16.7 Å². The SMILES string of the molecule is CC1=CC(c2ccc3c(c2)OCO3)c2cc(C)ccc2O1. The summed E-state index contributed by atoms with van der Waals surface area (Å²) in [7, 11) is 0. The highest BCUT2D eigenvalue weighted by atomic mass is 16.7. The zero-order valence-corrected chi connectivity index (χ0v) is 12.1. The molecule has 3 nitrogen and oxygen atoms in total. The fourth-order valence-corrected chi connectivity index (χ4v) is 2.92. The first kappa shape index (κ1) is 12.3.